The van der Waals surface area contributed by atoms with E-state index in [1.54, 1.807) is 6.07 Å². The van der Waals surface area contributed by atoms with Gasteiger partial charge in [-0.05, 0) is 12.1 Å². The molecular weight excluding hydrogens is 204 g/mol. The molecule has 0 aromatic carbocycles. The van der Waals surface area contributed by atoms with E-state index >= 15 is 0 Å². The Balaban J connectivity index is 2.91. The molecule has 0 radical (unpaired) electrons. The van der Waals surface area contributed by atoms with E-state index in [-0.39, 0.29) is 11.5 Å². The van der Waals surface area contributed by atoms with Crippen molar-refractivity contribution in [2.24, 2.45) is 0 Å². The molecule has 0 bridgehead atoms. The van der Waals surface area contributed by atoms with E-state index in [2.05, 4.69) is 9.71 Å². The van der Waals surface area contributed by atoms with Crippen molar-refractivity contribution in [3.05, 3.63) is 18.3 Å². The van der Waals surface area contributed by atoms with Gasteiger partial charge in [0, 0.05) is 6.20 Å². The van der Waals surface area contributed by atoms with Crippen LogP contribution in [-0.2, 0) is 10.0 Å². The zero-order chi connectivity index (χ0) is 10.6. The fourth-order valence-corrected chi connectivity index (χ4v) is 1.48. The molecule has 1 rings (SSSR count). The van der Waals surface area contributed by atoms with E-state index < -0.39 is 15.8 Å². The molecule has 1 heterocycles. The number of nitriles is 1. The van der Waals surface area contributed by atoms with E-state index in [4.69, 9.17) is 11.0 Å². The topological polar surface area (TPSA) is 109 Å². The molecule has 7 heteroatoms. The first kappa shape index (κ1) is 10.3. The molecule has 3 N–H and O–H groups in total. The number of anilines is 2. The molecule has 14 heavy (non-hydrogen) atoms. The summed E-state index contributed by atoms with van der Waals surface area (Å²) in [5, 5.41) is 8.23. The fourth-order valence-electron chi connectivity index (χ4n) is 0.771. The fraction of sp³-hybridized carbons (Fsp3) is 0.143. The number of nitrogen functional groups attached to an aromatic ring is 1. The van der Waals surface area contributed by atoms with Crippen molar-refractivity contribution in [3.8, 4) is 6.07 Å². The van der Waals surface area contributed by atoms with Crippen LogP contribution in [0.4, 0.5) is 11.5 Å². The van der Waals surface area contributed by atoms with Gasteiger partial charge in [-0.1, -0.05) is 0 Å². The van der Waals surface area contributed by atoms with Gasteiger partial charge in [0.1, 0.15) is 0 Å². The summed E-state index contributed by atoms with van der Waals surface area (Å²) in [5.41, 5.74) is 5.67. The number of nitrogens with two attached hydrogens (primary N) is 1. The third kappa shape index (κ3) is 2.60. The van der Waals surface area contributed by atoms with Gasteiger partial charge in [0.15, 0.2) is 11.6 Å². The van der Waals surface area contributed by atoms with Gasteiger partial charge in [0.05, 0.1) is 11.8 Å². The highest BCUT2D eigenvalue weighted by Crippen LogP contribution is 2.14. The van der Waals surface area contributed by atoms with Gasteiger partial charge in [-0.15, -0.1) is 0 Å². The number of sulfonamides is 1. The quantitative estimate of drug-likeness (QED) is 0.728. The summed E-state index contributed by atoms with van der Waals surface area (Å²) >= 11 is 0. The van der Waals surface area contributed by atoms with Crippen LogP contribution in [0.3, 0.4) is 0 Å². The van der Waals surface area contributed by atoms with Crippen LogP contribution < -0.4 is 10.5 Å². The third-order valence-electron chi connectivity index (χ3n) is 1.35. The Bertz CT molecular complexity index is 463. The van der Waals surface area contributed by atoms with Crippen LogP contribution >= 0.6 is 0 Å². The normalized spacial score (nSPS) is 10.5. The van der Waals surface area contributed by atoms with Crippen LogP contribution in [0.2, 0.25) is 0 Å². The molecule has 1 aromatic rings. The van der Waals surface area contributed by atoms with Gasteiger partial charge >= 0.3 is 0 Å². The summed E-state index contributed by atoms with van der Waals surface area (Å²) in [7, 11) is -3.66. The Kier molecular flexibility index (Phi) is 2.89. The van der Waals surface area contributed by atoms with Crippen LogP contribution in [0.1, 0.15) is 0 Å². The van der Waals surface area contributed by atoms with E-state index in [1.165, 1.54) is 18.3 Å². The van der Waals surface area contributed by atoms with E-state index in [1.807, 2.05) is 0 Å². The first-order valence-electron chi connectivity index (χ1n) is 3.63. The molecule has 0 aliphatic rings. The van der Waals surface area contributed by atoms with Crippen molar-refractivity contribution in [1.29, 1.82) is 5.26 Å². The SMILES string of the molecule is N#CCS(=O)(=O)Nc1ncccc1N. The Labute approximate surface area is 81.4 Å². The summed E-state index contributed by atoms with van der Waals surface area (Å²) in [4.78, 5) is 3.72. The average Bonchev–Trinajstić information content (AvgIpc) is 2.08. The number of rotatable bonds is 3. The van der Waals surface area contributed by atoms with Crippen molar-refractivity contribution in [1.82, 2.24) is 4.98 Å². The first-order chi connectivity index (χ1) is 6.55. The van der Waals surface area contributed by atoms with E-state index in [0.717, 1.165) is 0 Å². The summed E-state index contributed by atoms with van der Waals surface area (Å²) < 4.78 is 24.3. The zero-order valence-electron chi connectivity index (χ0n) is 7.14. The van der Waals surface area contributed by atoms with E-state index in [0.29, 0.717) is 0 Å². The Morgan fingerprint density at radius 2 is 2.36 bits per heavy atom. The average molecular weight is 212 g/mol. The maximum Gasteiger partial charge on any atom is 0.247 e. The molecule has 0 saturated heterocycles. The lowest BCUT2D eigenvalue weighted by Gasteiger charge is -2.05. The van der Waals surface area contributed by atoms with Gasteiger partial charge < -0.3 is 5.73 Å². The largest absolute Gasteiger partial charge is 0.396 e. The highest BCUT2D eigenvalue weighted by atomic mass is 32.2. The van der Waals surface area contributed by atoms with Crippen LogP contribution in [0, 0.1) is 11.3 Å². The summed E-state index contributed by atoms with van der Waals surface area (Å²) in [5.74, 6) is -0.578. The predicted octanol–water partition coefficient (Wildman–Crippen LogP) is -0.0709. The zero-order valence-corrected chi connectivity index (χ0v) is 7.95. The van der Waals surface area contributed by atoms with Gasteiger partial charge in [0.25, 0.3) is 0 Å². The molecule has 74 valence electrons. The minimum atomic E-state index is -3.66. The highest BCUT2D eigenvalue weighted by molar-refractivity contribution is 7.92. The highest BCUT2D eigenvalue weighted by Gasteiger charge is 2.11. The van der Waals surface area contributed by atoms with Crippen LogP contribution in [0.5, 0.6) is 0 Å². The van der Waals surface area contributed by atoms with Crippen molar-refractivity contribution in [3.63, 3.8) is 0 Å². The van der Waals surface area contributed by atoms with Crippen molar-refractivity contribution in [2.75, 3.05) is 16.2 Å². The molecule has 6 nitrogen and oxygen atoms in total. The van der Waals surface area contributed by atoms with Crippen LogP contribution in [0.15, 0.2) is 18.3 Å². The lowest BCUT2D eigenvalue weighted by atomic mass is 10.4. The smallest absolute Gasteiger partial charge is 0.247 e. The Morgan fingerprint density at radius 3 is 2.93 bits per heavy atom. The second-order valence-corrected chi connectivity index (χ2v) is 4.18. The number of pyridine rings is 1. The van der Waals surface area contributed by atoms with Crippen LogP contribution in [0.25, 0.3) is 0 Å². The summed E-state index contributed by atoms with van der Waals surface area (Å²) in [6.45, 7) is 0. The number of aromatic nitrogens is 1. The van der Waals surface area contributed by atoms with Crippen molar-refractivity contribution in [2.45, 2.75) is 0 Å². The predicted molar refractivity (Wildman–Crippen MR) is 51.7 cm³/mol. The second kappa shape index (κ2) is 3.93. The molecule has 0 fully saturated rings. The van der Waals surface area contributed by atoms with Gasteiger partial charge in [-0.25, -0.2) is 13.4 Å². The molecule has 0 aliphatic heterocycles. The Hall–Kier alpha value is -1.81. The maximum atomic E-state index is 11.1. The molecule has 0 atom stereocenters. The minimum absolute atomic E-state index is 0.0442. The number of hydrogen-bond donors (Lipinski definition) is 2. The Morgan fingerprint density at radius 1 is 1.64 bits per heavy atom. The second-order valence-electron chi connectivity index (χ2n) is 2.46. The van der Waals surface area contributed by atoms with Crippen molar-refractivity contribution < 1.29 is 8.42 Å². The molecule has 0 spiro atoms. The molecule has 0 saturated carbocycles. The van der Waals surface area contributed by atoms with E-state index in [9.17, 15) is 8.42 Å². The molecule has 0 aliphatic carbocycles. The van der Waals surface area contributed by atoms with Gasteiger partial charge in [-0.3, -0.25) is 4.72 Å². The molecule has 1 aromatic heterocycles. The van der Waals surface area contributed by atoms with Gasteiger partial charge in [0.2, 0.25) is 10.0 Å². The standard InChI is InChI=1S/C7H8N4O2S/c8-3-5-14(12,13)11-7-6(9)2-1-4-10-7/h1-2,4H,5,9H2,(H,10,11). The molecule has 0 amide bonds. The van der Waals surface area contributed by atoms with Crippen LogP contribution in [-0.4, -0.2) is 19.2 Å². The lowest BCUT2D eigenvalue weighted by Crippen LogP contribution is -2.17. The number of nitrogens with zero attached hydrogens (tertiary/aromatic N) is 2. The summed E-state index contributed by atoms with van der Waals surface area (Å²) in [6.07, 6.45) is 1.40. The van der Waals surface area contributed by atoms with Crippen molar-refractivity contribution >= 4 is 21.5 Å². The number of hydrogen-bond acceptors (Lipinski definition) is 5. The third-order valence-corrected chi connectivity index (χ3v) is 2.36. The summed E-state index contributed by atoms with van der Waals surface area (Å²) in [6, 6.07) is 4.62. The molecular formula is C7H8N4O2S. The molecule has 0 unspecified atom stereocenters. The monoisotopic (exact) mass is 212 g/mol. The number of nitrogens with one attached hydrogen (secondary N) is 1. The minimum Gasteiger partial charge on any atom is -0.396 e. The first-order valence-corrected chi connectivity index (χ1v) is 5.28. The van der Waals surface area contributed by atoms with Gasteiger partial charge in [-0.2, -0.15) is 5.26 Å². The lowest BCUT2D eigenvalue weighted by molar-refractivity contribution is 0.604. The maximum absolute atomic E-state index is 11.1.